The Hall–Kier alpha value is -2.81. The number of benzene rings is 1. The van der Waals surface area contributed by atoms with Crippen molar-refractivity contribution in [2.75, 3.05) is 18.4 Å². The minimum Gasteiger partial charge on any atom is -0.473 e. The van der Waals surface area contributed by atoms with E-state index in [9.17, 15) is 13.2 Å². The maximum absolute atomic E-state index is 12.7. The van der Waals surface area contributed by atoms with E-state index < -0.39 is 11.7 Å². The molecule has 1 aliphatic rings. The van der Waals surface area contributed by atoms with Gasteiger partial charge in [0.1, 0.15) is 6.10 Å². The number of ether oxygens (including phenoxy) is 1. The lowest BCUT2D eigenvalue weighted by molar-refractivity contribution is -0.137. The Morgan fingerprint density at radius 3 is 2.70 bits per heavy atom. The van der Waals surface area contributed by atoms with Crippen LogP contribution in [0.2, 0.25) is 0 Å². The van der Waals surface area contributed by atoms with E-state index >= 15 is 0 Å². The van der Waals surface area contributed by atoms with Crippen LogP contribution >= 0.6 is 0 Å². The largest absolute Gasteiger partial charge is 0.473 e. The summed E-state index contributed by atoms with van der Waals surface area (Å²) >= 11 is 0. The van der Waals surface area contributed by atoms with Crippen LogP contribution in [0.4, 0.5) is 24.8 Å². The first-order chi connectivity index (χ1) is 13.0. The normalized spacial score (nSPS) is 17.8. The number of alkyl halides is 3. The van der Waals surface area contributed by atoms with Gasteiger partial charge in [-0.25, -0.2) is 0 Å². The molecule has 9 heteroatoms. The lowest BCUT2D eigenvalue weighted by Gasteiger charge is -2.23. The number of nitrogens with one attached hydrogen (secondary N) is 2. The van der Waals surface area contributed by atoms with Crippen molar-refractivity contribution in [2.45, 2.75) is 25.1 Å². The van der Waals surface area contributed by atoms with Gasteiger partial charge < -0.3 is 15.4 Å². The van der Waals surface area contributed by atoms with Gasteiger partial charge >= 0.3 is 6.18 Å². The van der Waals surface area contributed by atoms with Crippen molar-refractivity contribution >= 4 is 17.3 Å². The third-order valence-electron chi connectivity index (χ3n) is 4.33. The van der Waals surface area contributed by atoms with Gasteiger partial charge in [-0.15, -0.1) is 5.10 Å². The first-order valence-corrected chi connectivity index (χ1v) is 8.66. The average Bonchev–Trinajstić information content (AvgIpc) is 3.06. The summed E-state index contributed by atoms with van der Waals surface area (Å²) in [7, 11) is 0. The van der Waals surface area contributed by atoms with Gasteiger partial charge in [0.05, 0.1) is 5.56 Å². The standard InChI is InChI=1S/C18H18F3N5O.H2/c19-18(20,21)12-6-8-13(9-7-12)23-17-24-15-4-1-5-16(26(15)25-17)27-14-3-2-10-22-11-14;/h1,4-9,14,22H,2-3,10-11H2,(H,23,25);1H/t14-;/m0./s1. The lowest BCUT2D eigenvalue weighted by Crippen LogP contribution is -2.37. The Balaban J connectivity index is 0.00000225. The summed E-state index contributed by atoms with van der Waals surface area (Å²) in [5, 5.41) is 10.6. The van der Waals surface area contributed by atoms with Crippen LogP contribution in [-0.4, -0.2) is 33.8 Å². The number of hydrogen-bond acceptors (Lipinski definition) is 5. The molecule has 0 aliphatic carbocycles. The summed E-state index contributed by atoms with van der Waals surface area (Å²) in [5.41, 5.74) is 0.358. The SMILES string of the molecule is FC(F)(F)c1ccc(Nc2nc3cccc(O[C@H]4CCCNC4)n3n2)cc1.[HH]. The zero-order valence-electron chi connectivity index (χ0n) is 14.3. The van der Waals surface area contributed by atoms with Crippen molar-refractivity contribution in [1.29, 1.82) is 0 Å². The predicted octanol–water partition coefficient (Wildman–Crippen LogP) is 3.87. The summed E-state index contributed by atoms with van der Waals surface area (Å²) in [6, 6.07) is 10.2. The number of aromatic nitrogens is 3. The molecule has 0 unspecified atom stereocenters. The van der Waals surface area contributed by atoms with Gasteiger partial charge in [-0.2, -0.15) is 22.7 Å². The molecule has 0 bridgehead atoms. The molecule has 1 aliphatic heterocycles. The molecule has 2 N–H and O–H groups in total. The highest BCUT2D eigenvalue weighted by atomic mass is 19.4. The molecule has 0 radical (unpaired) electrons. The monoisotopic (exact) mass is 379 g/mol. The fraction of sp³-hybridized carbons (Fsp3) is 0.333. The Morgan fingerprint density at radius 2 is 2.00 bits per heavy atom. The van der Waals surface area contributed by atoms with Crippen LogP contribution in [-0.2, 0) is 6.18 Å². The second kappa shape index (κ2) is 7.07. The smallest absolute Gasteiger partial charge is 0.416 e. The summed E-state index contributed by atoms with van der Waals surface area (Å²) in [4.78, 5) is 4.36. The average molecular weight is 379 g/mol. The van der Waals surface area contributed by atoms with Crippen molar-refractivity contribution in [3.63, 3.8) is 0 Å². The van der Waals surface area contributed by atoms with E-state index in [2.05, 4.69) is 20.7 Å². The number of fused-ring (bicyclic) bond motifs is 1. The molecule has 0 amide bonds. The lowest BCUT2D eigenvalue weighted by atomic mass is 10.1. The van der Waals surface area contributed by atoms with Crippen molar-refractivity contribution in [3.8, 4) is 5.88 Å². The van der Waals surface area contributed by atoms with Gasteiger partial charge in [0.25, 0.3) is 0 Å². The number of rotatable bonds is 4. The molecule has 6 nitrogen and oxygen atoms in total. The van der Waals surface area contributed by atoms with E-state index in [1.54, 1.807) is 10.6 Å². The molecule has 0 saturated carbocycles. The van der Waals surface area contributed by atoms with E-state index in [0.29, 0.717) is 17.2 Å². The Kier molecular flexibility index (Phi) is 4.61. The van der Waals surface area contributed by atoms with Crippen LogP contribution in [0.25, 0.3) is 5.65 Å². The van der Waals surface area contributed by atoms with Crippen LogP contribution in [0.1, 0.15) is 19.8 Å². The van der Waals surface area contributed by atoms with E-state index in [1.807, 2.05) is 12.1 Å². The predicted molar refractivity (Wildman–Crippen MR) is 96.3 cm³/mol. The first-order valence-electron chi connectivity index (χ1n) is 8.66. The van der Waals surface area contributed by atoms with Gasteiger partial charge in [-0.05, 0) is 49.7 Å². The minimum atomic E-state index is -4.36. The van der Waals surface area contributed by atoms with E-state index in [0.717, 1.165) is 38.1 Å². The number of hydrogen-bond donors (Lipinski definition) is 2. The Labute approximate surface area is 154 Å². The highest BCUT2D eigenvalue weighted by Crippen LogP contribution is 2.30. The molecule has 144 valence electrons. The molecule has 27 heavy (non-hydrogen) atoms. The van der Waals surface area contributed by atoms with Crippen LogP contribution in [0.5, 0.6) is 5.88 Å². The quantitative estimate of drug-likeness (QED) is 0.721. The highest BCUT2D eigenvalue weighted by Gasteiger charge is 2.30. The van der Waals surface area contributed by atoms with Crippen molar-refractivity contribution in [2.24, 2.45) is 0 Å². The molecular formula is C18H20F3N5O. The van der Waals surface area contributed by atoms with E-state index in [4.69, 9.17) is 4.74 Å². The molecule has 0 spiro atoms. The molecule has 3 heterocycles. The molecule has 1 saturated heterocycles. The summed E-state index contributed by atoms with van der Waals surface area (Å²) in [6.07, 6.45) is -2.27. The first kappa shape index (κ1) is 17.6. The van der Waals surface area contributed by atoms with Crippen LogP contribution in [0.15, 0.2) is 42.5 Å². The minimum absolute atomic E-state index is 0. The maximum Gasteiger partial charge on any atom is 0.416 e. The molecule has 1 aromatic carbocycles. The van der Waals surface area contributed by atoms with Gasteiger partial charge in [-0.1, -0.05) is 6.07 Å². The fourth-order valence-corrected chi connectivity index (χ4v) is 2.99. The fourth-order valence-electron chi connectivity index (χ4n) is 2.99. The number of halogens is 3. The zero-order valence-corrected chi connectivity index (χ0v) is 14.3. The van der Waals surface area contributed by atoms with Crippen LogP contribution < -0.4 is 15.4 Å². The Morgan fingerprint density at radius 1 is 1.19 bits per heavy atom. The van der Waals surface area contributed by atoms with Crippen LogP contribution in [0.3, 0.4) is 0 Å². The Bertz CT molecular complexity index is 923. The molecular weight excluding hydrogens is 359 g/mol. The van der Waals surface area contributed by atoms with Crippen LogP contribution in [0, 0.1) is 0 Å². The number of pyridine rings is 1. The highest BCUT2D eigenvalue weighted by molar-refractivity contribution is 5.56. The molecule has 4 rings (SSSR count). The summed E-state index contributed by atoms with van der Waals surface area (Å²) in [5.74, 6) is 0.863. The molecule has 1 atom stereocenters. The topological polar surface area (TPSA) is 63.5 Å². The molecule has 2 aromatic heterocycles. The molecule has 1 fully saturated rings. The van der Waals surface area contributed by atoms with E-state index in [-0.39, 0.29) is 13.5 Å². The summed E-state index contributed by atoms with van der Waals surface area (Å²) < 4.78 is 45.6. The molecule has 3 aromatic rings. The van der Waals surface area contributed by atoms with Crippen molar-refractivity contribution < 1.29 is 19.3 Å². The summed E-state index contributed by atoms with van der Waals surface area (Å²) in [6.45, 7) is 1.77. The second-order valence-electron chi connectivity index (χ2n) is 6.36. The third kappa shape index (κ3) is 3.97. The second-order valence-corrected chi connectivity index (χ2v) is 6.36. The van der Waals surface area contributed by atoms with Gasteiger partial charge in [0, 0.05) is 19.7 Å². The zero-order chi connectivity index (χ0) is 18.9. The van der Waals surface area contributed by atoms with Crippen molar-refractivity contribution in [3.05, 3.63) is 48.0 Å². The van der Waals surface area contributed by atoms with Gasteiger partial charge in [-0.3, -0.25) is 0 Å². The maximum atomic E-state index is 12.7. The van der Waals surface area contributed by atoms with E-state index in [1.165, 1.54) is 12.1 Å². The number of nitrogens with zero attached hydrogens (tertiary/aromatic N) is 3. The van der Waals surface area contributed by atoms with Gasteiger partial charge in [0.15, 0.2) is 5.65 Å². The third-order valence-corrected chi connectivity index (χ3v) is 4.33. The number of anilines is 2. The van der Waals surface area contributed by atoms with Crippen molar-refractivity contribution in [1.82, 2.24) is 19.9 Å². The number of piperidine rings is 1. The van der Waals surface area contributed by atoms with Gasteiger partial charge in [0.2, 0.25) is 11.8 Å².